The molecule has 0 atom stereocenters. The molecule has 17 heavy (non-hydrogen) atoms. The van der Waals surface area contributed by atoms with Crippen LogP contribution in [0.5, 0.6) is 0 Å². The average Bonchev–Trinajstić information content (AvgIpc) is 2.78. The maximum Gasteiger partial charge on any atom is 0.271 e. The van der Waals surface area contributed by atoms with Crippen LogP contribution in [0.25, 0.3) is 0 Å². The molecule has 0 bridgehead atoms. The first-order valence-corrected chi connectivity index (χ1v) is 5.26. The number of benzene rings is 1. The molecule has 2 nitrogen and oxygen atoms in total. The van der Waals surface area contributed by atoms with E-state index in [1.807, 2.05) is 32.0 Å². The van der Waals surface area contributed by atoms with Crippen LogP contribution in [-0.4, -0.2) is 6.29 Å². The van der Waals surface area contributed by atoms with E-state index < -0.39 is 0 Å². The van der Waals surface area contributed by atoms with Gasteiger partial charge in [0.2, 0.25) is 0 Å². The largest absolute Gasteiger partial charge is 0.444 e. The Kier molecular flexibility index (Phi) is 3.11. The highest BCUT2D eigenvalue weighted by atomic mass is 16.3. The lowest BCUT2D eigenvalue weighted by molar-refractivity contribution is 0.512. The van der Waals surface area contributed by atoms with Crippen molar-refractivity contribution in [2.24, 2.45) is 0 Å². The monoisotopic (exact) mass is 223 g/mol. The van der Waals surface area contributed by atoms with Crippen molar-refractivity contribution in [2.45, 2.75) is 13.8 Å². The third-order valence-electron chi connectivity index (χ3n) is 2.42. The van der Waals surface area contributed by atoms with Crippen LogP contribution in [0.2, 0.25) is 0 Å². The zero-order valence-corrected chi connectivity index (χ0v) is 9.70. The van der Waals surface area contributed by atoms with Crippen molar-refractivity contribution >= 4 is 6.29 Å². The lowest BCUT2D eigenvalue weighted by Gasteiger charge is -1.98. The van der Waals surface area contributed by atoms with Gasteiger partial charge >= 0.3 is 0 Å². The highest BCUT2D eigenvalue weighted by Crippen LogP contribution is 2.10. The van der Waals surface area contributed by atoms with Crippen molar-refractivity contribution in [2.75, 3.05) is 0 Å². The van der Waals surface area contributed by atoms with Gasteiger partial charge in [0, 0.05) is 5.56 Å². The standard InChI is InChI=1S/C15H11O2/c1-11-3-4-12(2)13(9-11)5-6-14-7-8-15(10-16)17-14/h3-4,7-9H,1-2H3. The van der Waals surface area contributed by atoms with Crippen LogP contribution < -0.4 is 0 Å². The van der Waals surface area contributed by atoms with Crippen LogP contribution in [0.15, 0.2) is 34.7 Å². The van der Waals surface area contributed by atoms with Crippen LogP contribution >= 0.6 is 0 Å². The Morgan fingerprint density at radius 3 is 2.47 bits per heavy atom. The molecule has 2 rings (SSSR count). The van der Waals surface area contributed by atoms with E-state index in [1.165, 1.54) is 5.56 Å². The van der Waals surface area contributed by atoms with Gasteiger partial charge in [0.25, 0.3) is 6.29 Å². The molecular weight excluding hydrogens is 212 g/mol. The minimum atomic E-state index is 0.176. The SMILES string of the molecule is Cc1ccc(C)c(C#Cc2ccc([C]=O)o2)c1. The third-order valence-corrected chi connectivity index (χ3v) is 2.42. The molecule has 1 aromatic carbocycles. The Bertz CT molecular complexity index is 609. The topological polar surface area (TPSA) is 30.2 Å². The summed E-state index contributed by atoms with van der Waals surface area (Å²) in [5, 5.41) is 0. The molecule has 0 aliphatic rings. The van der Waals surface area contributed by atoms with Gasteiger partial charge in [0.1, 0.15) is 0 Å². The first-order chi connectivity index (χ1) is 8.19. The minimum absolute atomic E-state index is 0.176. The van der Waals surface area contributed by atoms with Crippen LogP contribution in [0, 0.1) is 25.7 Å². The van der Waals surface area contributed by atoms with Gasteiger partial charge in [-0.25, -0.2) is 0 Å². The molecule has 2 aromatic rings. The molecule has 0 amide bonds. The highest BCUT2D eigenvalue weighted by molar-refractivity contribution is 5.71. The number of carbonyl (C=O) groups excluding carboxylic acids is 1. The van der Waals surface area contributed by atoms with Crippen molar-refractivity contribution < 1.29 is 9.21 Å². The fraction of sp³-hybridized carbons (Fsp3) is 0.133. The first-order valence-electron chi connectivity index (χ1n) is 5.26. The van der Waals surface area contributed by atoms with E-state index in [1.54, 1.807) is 18.4 Å². The zero-order chi connectivity index (χ0) is 12.3. The minimum Gasteiger partial charge on any atom is -0.444 e. The Labute approximate surface area is 100 Å². The number of aryl methyl sites for hydroxylation is 2. The van der Waals surface area contributed by atoms with E-state index in [-0.39, 0.29) is 5.76 Å². The Hall–Kier alpha value is -2.27. The molecule has 83 valence electrons. The van der Waals surface area contributed by atoms with Crippen molar-refractivity contribution in [3.05, 3.63) is 58.5 Å². The summed E-state index contributed by atoms with van der Waals surface area (Å²) in [6, 6.07) is 9.33. The summed E-state index contributed by atoms with van der Waals surface area (Å²) in [6.07, 6.45) is 1.68. The van der Waals surface area contributed by atoms with E-state index in [4.69, 9.17) is 4.42 Å². The van der Waals surface area contributed by atoms with E-state index in [9.17, 15) is 4.79 Å². The molecule has 0 saturated carbocycles. The fourth-order valence-corrected chi connectivity index (χ4v) is 1.46. The molecule has 0 unspecified atom stereocenters. The lowest BCUT2D eigenvalue weighted by atomic mass is 10.1. The third kappa shape index (κ3) is 2.64. The smallest absolute Gasteiger partial charge is 0.271 e. The van der Waals surface area contributed by atoms with Gasteiger partial charge in [0.05, 0.1) is 0 Å². The van der Waals surface area contributed by atoms with E-state index in [2.05, 4.69) is 11.8 Å². The molecule has 0 aliphatic heterocycles. The fourth-order valence-electron chi connectivity index (χ4n) is 1.46. The molecule has 2 heteroatoms. The van der Waals surface area contributed by atoms with E-state index in [0.29, 0.717) is 5.76 Å². The number of furan rings is 1. The Morgan fingerprint density at radius 2 is 1.76 bits per heavy atom. The number of hydrogen-bond acceptors (Lipinski definition) is 2. The Balaban J connectivity index is 2.32. The lowest BCUT2D eigenvalue weighted by Crippen LogP contribution is -1.83. The second-order valence-corrected chi connectivity index (χ2v) is 3.83. The van der Waals surface area contributed by atoms with Crippen molar-refractivity contribution in [1.82, 2.24) is 0 Å². The summed E-state index contributed by atoms with van der Waals surface area (Å²) in [6.45, 7) is 4.03. The molecule has 1 heterocycles. The van der Waals surface area contributed by atoms with Gasteiger partial charge in [-0.15, -0.1) is 0 Å². The molecule has 0 fully saturated rings. The average molecular weight is 223 g/mol. The molecular formula is C15H11O2. The van der Waals surface area contributed by atoms with Crippen LogP contribution in [-0.2, 0) is 4.79 Å². The van der Waals surface area contributed by atoms with E-state index >= 15 is 0 Å². The molecule has 0 saturated heterocycles. The van der Waals surface area contributed by atoms with Gasteiger partial charge in [-0.2, -0.15) is 0 Å². The zero-order valence-electron chi connectivity index (χ0n) is 9.70. The highest BCUT2D eigenvalue weighted by Gasteiger charge is 1.98. The quantitative estimate of drug-likeness (QED) is 0.696. The van der Waals surface area contributed by atoms with Gasteiger partial charge in [-0.3, -0.25) is 4.79 Å². The van der Waals surface area contributed by atoms with Crippen molar-refractivity contribution in [3.8, 4) is 11.8 Å². The summed E-state index contributed by atoms with van der Waals surface area (Å²) < 4.78 is 5.13. The molecule has 0 aliphatic carbocycles. The molecule has 1 aromatic heterocycles. The summed E-state index contributed by atoms with van der Waals surface area (Å²) in [7, 11) is 0. The maximum absolute atomic E-state index is 10.3. The van der Waals surface area contributed by atoms with Gasteiger partial charge < -0.3 is 4.42 Å². The summed E-state index contributed by atoms with van der Waals surface area (Å²) >= 11 is 0. The van der Waals surface area contributed by atoms with Crippen LogP contribution in [0.1, 0.15) is 28.2 Å². The predicted molar refractivity (Wildman–Crippen MR) is 65.4 cm³/mol. The molecule has 0 spiro atoms. The van der Waals surface area contributed by atoms with Gasteiger partial charge in [-0.1, -0.05) is 18.1 Å². The normalized spacial score (nSPS) is 9.53. The van der Waals surface area contributed by atoms with Crippen LogP contribution in [0.4, 0.5) is 0 Å². The van der Waals surface area contributed by atoms with Crippen molar-refractivity contribution in [1.29, 1.82) is 0 Å². The molecule has 0 N–H and O–H groups in total. The molecule has 1 radical (unpaired) electrons. The second kappa shape index (κ2) is 4.71. The number of rotatable bonds is 1. The van der Waals surface area contributed by atoms with Gasteiger partial charge in [-0.05, 0) is 49.1 Å². The predicted octanol–water partition coefficient (Wildman–Crippen LogP) is 2.75. The summed E-state index contributed by atoms with van der Waals surface area (Å²) in [5.41, 5.74) is 3.26. The van der Waals surface area contributed by atoms with Crippen LogP contribution in [0.3, 0.4) is 0 Å². The van der Waals surface area contributed by atoms with Crippen molar-refractivity contribution in [3.63, 3.8) is 0 Å². The van der Waals surface area contributed by atoms with E-state index in [0.717, 1.165) is 11.1 Å². The maximum atomic E-state index is 10.3. The summed E-state index contributed by atoms with van der Waals surface area (Å²) in [4.78, 5) is 10.3. The second-order valence-electron chi connectivity index (χ2n) is 3.83. The Morgan fingerprint density at radius 1 is 1.00 bits per heavy atom. The first kappa shape index (κ1) is 11.2. The van der Waals surface area contributed by atoms with Gasteiger partial charge in [0.15, 0.2) is 11.5 Å². The summed E-state index contributed by atoms with van der Waals surface area (Å²) in [5.74, 6) is 6.57. The number of hydrogen-bond donors (Lipinski definition) is 0.